The van der Waals surface area contributed by atoms with E-state index in [-0.39, 0.29) is 0 Å². The fourth-order valence-electron chi connectivity index (χ4n) is 2.17. The van der Waals surface area contributed by atoms with Crippen LogP contribution in [0.25, 0.3) is 0 Å². The second kappa shape index (κ2) is 6.45. The molecule has 0 saturated heterocycles. The first-order valence-electron chi connectivity index (χ1n) is 7.27. The molecule has 3 amide bonds. The number of rotatable bonds is 6. The number of imide groups is 1. The molecule has 1 unspecified atom stereocenters. The highest BCUT2D eigenvalue weighted by Crippen LogP contribution is 2.40. The van der Waals surface area contributed by atoms with Crippen molar-refractivity contribution in [1.82, 2.24) is 20.1 Å². The smallest absolute Gasteiger partial charge is 0.318 e. The average molecular weight is 335 g/mol. The molecule has 0 spiro atoms. The predicted molar refractivity (Wildman–Crippen MR) is 82.9 cm³/mol. The van der Waals surface area contributed by atoms with Gasteiger partial charge in [-0.2, -0.15) is 0 Å². The van der Waals surface area contributed by atoms with Crippen LogP contribution in [-0.4, -0.2) is 32.0 Å². The zero-order valence-electron chi connectivity index (χ0n) is 12.6. The highest BCUT2D eigenvalue weighted by atomic mass is 32.2. The number of furan rings is 1. The maximum atomic E-state index is 11.8. The molecule has 0 aliphatic heterocycles. The number of nitrogens with two attached hydrogens (primary N) is 1. The van der Waals surface area contributed by atoms with Gasteiger partial charge in [0.2, 0.25) is 5.91 Å². The number of nitrogens with zero attached hydrogens (tertiary/aromatic N) is 3. The standard InChI is InChI=1S/C14H17N5O3S/c1-8(12(20)16-13(15)21)23-14-18-17-11(9-4-5-9)19(14)7-10-3-2-6-22-10/h2-3,6,8-9H,4-5,7H2,1H3,(H3,15,16,20,21). The van der Waals surface area contributed by atoms with E-state index in [4.69, 9.17) is 10.2 Å². The van der Waals surface area contributed by atoms with Crippen molar-refractivity contribution in [2.45, 2.75) is 42.6 Å². The lowest BCUT2D eigenvalue weighted by molar-refractivity contribution is -0.119. The fourth-order valence-corrected chi connectivity index (χ4v) is 3.03. The molecule has 0 aromatic carbocycles. The quantitative estimate of drug-likeness (QED) is 0.772. The molecule has 2 heterocycles. The molecule has 0 bridgehead atoms. The van der Waals surface area contributed by atoms with Gasteiger partial charge in [0.15, 0.2) is 5.16 Å². The van der Waals surface area contributed by atoms with Crippen LogP contribution in [0.4, 0.5) is 4.79 Å². The third-order valence-corrected chi connectivity index (χ3v) is 4.56. The van der Waals surface area contributed by atoms with Crippen molar-refractivity contribution in [2.24, 2.45) is 5.73 Å². The number of amides is 3. The molecule has 0 radical (unpaired) electrons. The Hall–Kier alpha value is -2.29. The van der Waals surface area contributed by atoms with Crippen LogP contribution < -0.4 is 11.1 Å². The molecule has 1 fully saturated rings. The van der Waals surface area contributed by atoms with E-state index < -0.39 is 17.2 Å². The van der Waals surface area contributed by atoms with E-state index in [9.17, 15) is 9.59 Å². The van der Waals surface area contributed by atoms with Gasteiger partial charge in [0, 0.05) is 5.92 Å². The molecule has 8 nitrogen and oxygen atoms in total. The minimum atomic E-state index is -0.863. The Labute approximate surface area is 136 Å². The van der Waals surface area contributed by atoms with Crippen molar-refractivity contribution < 1.29 is 14.0 Å². The number of primary amides is 1. The Morgan fingerprint density at radius 2 is 2.30 bits per heavy atom. The molecule has 2 aromatic rings. The van der Waals surface area contributed by atoms with Crippen molar-refractivity contribution in [1.29, 1.82) is 0 Å². The van der Waals surface area contributed by atoms with Crippen LogP contribution in [0, 0.1) is 0 Å². The third kappa shape index (κ3) is 3.73. The van der Waals surface area contributed by atoms with E-state index in [2.05, 4.69) is 15.5 Å². The Balaban J connectivity index is 1.78. The fraction of sp³-hybridized carbons (Fsp3) is 0.429. The van der Waals surface area contributed by atoms with Crippen LogP contribution in [0.15, 0.2) is 28.0 Å². The van der Waals surface area contributed by atoms with Crippen molar-refractivity contribution in [2.75, 3.05) is 0 Å². The van der Waals surface area contributed by atoms with E-state index in [1.807, 2.05) is 16.7 Å². The lowest BCUT2D eigenvalue weighted by atomic mass is 10.3. The summed E-state index contributed by atoms with van der Waals surface area (Å²) in [4.78, 5) is 22.6. The van der Waals surface area contributed by atoms with Gasteiger partial charge in [0.25, 0.3) is 0 Å². The summed E-state index contributed by atoms with van der Waals surface area (Å²) in [6.07, 6.45) is 3.81. The Kier molecular flexibility index (Phi) is 4.37. The van der Waals surface area contributed by atoms with Gasteiger partial charge < -0.3 is 10.2 Å². The average Bonchev–Trinajstić information content (AvgIpc) is 3.06. The summed E-state index contributed by atoms with van der Waals surface area (Å²) in [5.41, 5.74) is 4.97. The minimum Gasteiger partial charge on any atom is -0.467 e. The number of hydrogen-bond donors (Lipinski definition) is 2. The number of aromatic nitrogens is 3. The van der Waals surface area contributed by atoms with Crippen LogP contribution in [0.3, 0.4) is 0 Å². The van der Waals surface area contributed by atoms with Crippen molar-refractivity contribution in [3.63, 3.8) is 0 Å². The summed E-state index contributed by atoms with van der Waals surface area (Å²) >= 11 is 1.24. The first kappa shape index (κ1) is 15.6. The molecular formula is C14H17N5O3S. The maximum Gasteiger partial charge on any atom is 0.318 e. The molecule has 23 heavy (non-hydrogen) atoms. The Morgan fingerprint density at radius 1 is 1.52 bits per heavy atom. The predicted octanol–water partition coefficient (Wildman–Crippen LogP) is 1.47. The Bertz CT molecular complexity index is 708. The number of carbonyl (C=O) groups excluding carboxylic acids is 2. The summed E-state index contributed by atoms with van der Waals surface area (Å²) in [5, 5.41) is 10.6. The second-order valence-corrected chi connectivity index (χ2v) is 6.70. The highest BCUT2D eigenvalue weighted by Gasteiger charge is 2.31. The van der Waals surface area contributed by atoms with Gasteiger partial charge in [-0.3, -0.25) is 14.7 Å². The molecule has 122 valence electrons. The van der Waals surface area contributed by atoms with Gasteiger partial charge in [-0.1, -0.05) is 11.8 Å². The van der Waals surface area contributed by atoms with Gasteiger partial charge in [0.05, 0.1) is 18.1 Å². The SMILES string of the molecule is CC(Sc1nnc(C2CC2)n1Cc1ccco1)C(=O)NC(N)=O. The van der Waals surface area contributed by atoms with Gasteiger partial charge in [-0.25, -0.2) is 4.79 Å². The number of hydrogen-bond acceptors (Lipinski definition) is 6. The monoisotopic (exact) mass is 335 g/mol. The molecule has 3 N–H and O–H groups in total. The summed E-state index contributed by atoms with van der Waals surface area (Å²) in [6, 6.07) is 2.85. The van der Waals surface area contributed by atoms with Gasteiger partial charge in [-0.05, 0) is 31.9 Å². The van der Waals surface area contributed by atoms with Gasteiger partial charge in [0.1, 0.15) is 11.6 Å². The first-order valence-corrected chi connectivity index (χ1v) is 8.15. The van der Waals surface area contributed by atoms with Crippen molar-refractivity contribution >= 4 is 23.7 Å². The zero-order chi connectivity index (χ0) is 16.4. The molecular weight excluding hydrogens is 318 g/mol. The third-order valence-electron chi connectivity index (χ3n) is 3.48. The van der Waals surface area contributed by atoms with Crippen LogP contribution in [-0.2, 0) is 11.3 Å². The molecule has 1 saturated carbocycles. The van der Waals surface area contributed by atoms with Crippen LogP contribution in [0.1, 0.15) is 37.3 Å². The summed E-state index contributed by atoms with van der Waals surface area (Å²) in [7, 11) is 0. The summed E-state index contributed by atoms with van der Waals surface area (Å²) < 4.78 is 7.36. The first-order chi connectivity index (χ1) is 11.0. The Morgan fingerprint density at radius 3 is 2.91 bits per heavy atom. The number of urea groups is 1. The number of carbonyl (C=O) groups is 2. The minimum absolute atomic E-state index is 0.418. The van der Waals surface area contributed by atoms with E-state index >= 15 is 0 Å². The van der Waals surface area contributed by atoms with E-state index in [1.165, 1.54) is 11.8 Å². The lowest BCUT2D eigenvalue weighted by Crippen LogP contribution is -2.39. The molecule has 3 rings (SSSR count). The second-order valence-electron chi connectivity index (χ2n) is 5.39. The van der Waals surface area contributed by atoms with Crippen molar-refractivity contribution in [3.05, 3.63) is 30.0 Å². The zero-order valence-corrected chi connectivity index (χ0v) is 13.4. The van der Waals surface area contributed by atoms with Crippen LogP contribution >= 0.6 is 11.8 Å². The van der Waals surface area contributed by atoms with E-state index in [0.717, 1.165) is 24.4 Å². The lowest BCUT2D eigenvalue weighted by Gasteiger charge is -2.11. The number of thioether (sulfide) groups is 1. The normalized spacial score (nSPS) is 15.3. The maximum absolute atomic E-state index is 11.8. The molecule has 2 aromatic heterocycles. The summed E-state index contributed by atoms with van der Waals surface area (Å²) in [6.45, 7) is 2.20. The highest BCUT2D eigenvalue weighted by molar-refractivity contribution is 8.00. The van der Waals surface area contributed by atoms with Crippen LogP contribution in [0.5, 0.6) is 0 Å². The largest absolute Gasteiger partial charge is 0.467 e. The summed E-state index contributed by atoms with van der Waals surface area (Å²) in [5.74, 6) is 1.67. The molecule has 9 heteroatoms. The van der Waals surface area contributed by atoms with Crippen molar-refractivity contribution in [3.8, 4) is 0 Å². The molecule has 1 aliphatic rings. The van der Waals surface area contributed by atoms with E-state index in [1.54, 1.807) is 13.2 Å². The van der Waals surface area contributed by atoms with Crippen LogP contribution in [0.2, 0.25) is 0 Å². The van der Waals surface area contributed by atoms with Gasteiger partial charge in [-0.15, -0.1) is 10.2 Å². The molecule has 1 aliphatic carbocycles. The topological polar surface area (TPSA) is 116 Å². The van der Waals surface area contributed by atoms with E-state index in [0.29, 0.717) is 17.6 Å². The number of nitrogens with one attached hydrogen (secondary N) is 1. The molecule has 1 atom stereocenters. The van der Waals surface area contributed by atoms with Gasteiger partial charge >= 0.3 is 6.03 Å².